The fourth-order valence-electron chi connectivity index (χ4n) is 1.45. The van der Waals surface area contributed by atoms with Crippen LogP contribution >= 0.6 is 23.6 Å². The Kier molecular flexibility index (Phi) is 5.53. The molecule has 10 heteroatoms. The SMILES string of the molecule is CCCN(CC(F)(F)F)S(=O)(=O)c1ccc(C(N)=S)s1. The van der Waals surface area contributed by atoms with E-state index in [-0.39, 0.29) is 22.2 Å². The predicted octanol–water partition coefficient (Wildman–Crippen LogP) is 2.35. The van der Waals surface area contributed by atoms with Crippen molar-refractivity contribution in [1.29, 1.82) is 0 Å². The van der Waals surface area contributed by atoms with Gasteiger partial charge in [0.25, 0.3) is 10.0 Å². The number of hydrogen-bond acceptors (Lipinski definition) is 4. The first-order chi connectivity index (χ1) is 9.08. The molecular weight excluding hydrogens is 333 g/mol. The molecule has 1 aromatic heterocycles. The van der Waals surface area contributed by atoms with Gasteiger partial charge in [-0.15, -0.1) is 11.3 Å². The topological polar surface area (TPSA) is 63.4 Å². The number of thiocarbonyl (C=S) groups is 1. The first-order valence-electron chi connectivity index (χ1n) is 5.54. The quantitative estimate of drug-likeness (QED) is 0.803. The molecular formula is C10H13F3N2O2S3. The van der Waals surface area contributed by atoms with E-state index in [1.165, 1.54) is 12.1 Å². The van der Waals surface area contributed by atoms with Crippen molar-refractivity contribution in [2.24, 2.45) is 5.73 Å². The minimum absolute atomic E-state index is 0.00862. The van der Waals surface area contributed by atoms with Crippen molar-refractivity contribution >= 4 is 38.6 Å². The molecule has 0 fully saturated rings. The molecule has 0 unspecified atom stereocenters. The number of halogens is 3. The standard InChI is InChI=1S/C10H13F3N2O2S3/c1-2-5-15(6-10(11,12)13)20(16,17)8-4-3-7(19-8)9(14)18/h3-4H,2,5-6H2,1H3,(H2,14,18). The summed E-state index contributed by atoms with van der Waals surface area (Å²) in [5.74, 6) is 0. The second-order valence-corrected chi connectivity index (χ2v) is 7.63. The highest BCUT2D eigenvalue weighted by Crippen LogP contribution is 2.27. The van der Waals surface area contributed by atoms with Gasteiger partial charge in [0, 0.05) is 6.54 Å². The Bertz CT molecular complexity index is 581. The van der Waals surface area contributed by atoms with E-state index < -0.39 is 22.7 Å². The van der Waals surface area contributed by atoms with E-state index in [0.29, 0.717) is 9.18 Å². The van der Waals surface area contributed by atoms with Crippen molar-refractivity contribution in [3.05, 3.63) is 17.0 Å². The lowest BCUT2D eigenvalue weighted by Crippen LogP contribution is -2.39. The number of nitrogens with zero attached hydrogens (tertiary/aromatic N) is 1. The third kappa shape index (κ3) is 4.40. The van der Waals surface area contributed by atoms with Crippen molar-refractivity contribution in [2.45, 2.75) is 23.7 Å². The second-order valence-electron chi connectivity index (χ2n) is 3.94. The molecule has 114 valence electrons. The lowest BCUT2D eigenvalue weighted by Gasteiger charge is -2.21. The Labute approximate surface area is 124 Å². The van der Waals surface area contributed by atoms with Crippen molar-refractivity contribution in [1.82, 2.24) is 4.31 Å². The maximum Gasteiger partial charge on any atom is 0.402 e. The summed E-state index contributed by atoms with van der Waals surface area (Å²) >= 11 is 5.47. The van der Waals surface area contributed by atoms with Crippen LogP contribution in [-0.4, -0.2) is 37.0 Å². The van der Waals surface area contributed by atoms with Gasteiger partial charge in [-0.1, -0.05) is 19.1 Å². The average Bonchev–Trinajstić information content (AvgIpc) is 2.76. The van der Waals surface area contributed by atoms with Gasteiger partial charge >= 0.3 is 6.18 Å². The van der Waals surface area contributed by atoms with Gasteiger partial charge in [-0.3, -0.25) is 0 Å². The summed E-state index contributed by atoms with van der Waals surface area (Å²) in [6.07, 6.45) is -4.31. The predicted molar refractivity (Wildman–Crippen MR) is 75.3 cm³/mol. The third-order valence-electron chi connectivity index (χ3n) is 2.25. The van der Waals surface area contributed by atoms with E-state index in [1.54, 1.807) is 6.92 Å². The molecule has 0 spiro atoms. The van der Waals surface area contributed by atoms with Gasteiger partial charge in [-0.25, -0.2) is 8.42 Å². The van der Waals surface area contributed by atoms with E-state index >= 15 is 0 Å². The maximum atomic E-state index is 12.5. The summed E-state index contributed by atoms with van der Waals surface area (Å²) in [5, 5.41) is 0. The summed E-state index contributed by atoms with van der Waals surface area (Å²) in [6, 6.07) is 2.60. The third-order valence-corrected chi connectivity index (χ3v) is 6.03. The van der Waals surface area contributed by atoms with Crippen LogP contribution in [0.1, 0.15) is 18.2 Å². The minimum atomic E-state index is -4.59. The van der Waals surface area contributed by atoms with E-state index in [9.17, 15) is 21.6 Å². The molecule has 1 aromatic rings. The Hall–Kier alpha value is -0.710. The van der Waals surface area contributed by atoms with E-state index in [4.69, 9.17) is 18.0 Å². The molecule has 20 heavy (non-hydrogen) atoms. The average molecular weight is 346 g/mol. The first-order valence-corrected chi connectivity index (χ1v) is 8.21. The van der Waals surface area contributed by atoms with Crippen LogP contribution in [0.5, 0.6) is 0 Å². The molecule has 2 N–H and O–H groups in total. The van der Waals surface area contributed by atoms with Crippen LogP contribution in [0.2, 0.25) is 0 Å². The molecule has 0 aliphatic carbocycles. The highest BCUT2D eigenvalue weighted by atomic mass is 32.2. The molecule has 0 aliphatic heterocycles. The Morgan fingerprint density at radius 1 is 1.45 bits per heavy atom. The molecule has 0 aliphatic rings. The van der Waals surface area contributed by atoms with Gasteiger partial charge in [0.2, 0.25) is 0 Å². The molecule has 0 amide bonds. The van der Waals surface area contributed by atoms with Crippen molar-refractivity contribution in [2.75, 3.05) is 13.1 Å². The van der Waals surface area contributed by atoms with Gasteiger partial charge in [0.1, 0.15) is 15.7 Å². The highest BCUT2D eigenvalue weighted by Gasteiger charge is 2.37. The summed E-state index contributed by atoms with van der Waals surface area (Å²) in [4.78, 5) is 0.358. The minimum Gasteiger partial charge on any atom is -0.389 e. The molecule has 1 rings (SSSR count). The second kappa shape index (κ2) is 6.37. The van der Waals surface area contributed by atoms with Crippen molar-refractivity contribution in [3.63, 3.8) is 0 Å². The van der Waals surface area contributed by atoms with Gasteiger partial charge < -0.3 is 5.73 Å². The fourth-order valence-corrected chi connectivity index (χ4v) is 4.48. The molecule has 0 radical (unpaired) electrons. The Morgan fingerprint density at radius 3 is 2.45 bits per heavy atom. The zero-order chi connectivity index (χ0) is 15.6. The normalized spacial score (nSPS) is 12.8. The lowest BCUT2D eigenvalue weighted by atomic mass is 10.5. The van der Waals surface area contributed by atoms with Crippen LogP contribution in [0.15, 0.2) is 16.3 Å². The Balaban J connectivity index is 3.11. The monoisotopic (exact) mass is 346 g/mol. The van der Waals surface area contributed by atoms with Crippen molar-refractivity contribution < 1.29 is 21.6 Å². The molecule has 0 saturated carbocycles. The van der Waals surface area contributed by atoms with E-state index in [0.717, 1.165) is 11.3 Å². The smallest absolute Gasteiger partial charge is 0.389 e. The highest BCUT2D eigenvalue weighted by molar-refractivity contribution is 7.91. The van der Waals surface area contributed by atoms with Crippen LogP contribution in [-0.2, 0) is 10.0 Å². The molecule has 0 aromatic carbocycles. The molecule has 1 heterocycles. The number of alkyl halides is 3. The molecule has 4 nitrogen and oxygen atoms in total. The molecule has 0 bridgehead atoms. The van der Waals surface area contributed by atoms with Crippen LogP contribution in [0, 0.1) is 0 Å². The van der Waals surface area contributed by atoms with Gasteiger partial charge in [0.05, 0.1) is 4.88 Å². The maximum absolute atomic E-state index is 12.5. The van der Waals surface area contributed by atoms with Crippen LogP contribution < -0.4 is 5.73 Å². The number of hydrogen-bond donors (Lipinski definition) is 1. The molecule has 0 saturated heterocycles. The van der Waals surface area contributed by atoms with Crippen molar-refractivity contribution in [3.8, 4) is 0 Å². The number of thiophene rings is 1. The summed E-state index contributed by atoms with van der Waals surface area (Å²) in [6.45, 7) is -0.112. The zero-order valence-electron chi connectivity index (χ0n) is 10.5. The summed E-state index contributed by atoms with van der Waals surface area (Å²) < 4.78 is 62.0. The fraction of sp³-hybridized carbons (Fsp3) is 0.500. The van der Waals surface area contributed by atoms with Gasteiger partial charge in [0.15, 0.2) is 0 Å². The van der Waals surface area contributed by atoms with Crippen LogP contribution in [0.25, 0.3) is 0 Å². The van der Waals surface area contributed by atoms with E-state index in [2.05, 4.69) is 0 Å². The molecule has 0 atom stereocenters. The number of rotatable bonds is 6. The largest absolute Gasteiger partial charge is 0.402 e. The van der Waals surface area contributed by atoms with E-state index in [1.807, 2.05) is 0 Å². The van der Waals surface area contributed by atoms with Gasteiger partial charge in [-0.05, 0) is 18.6 Å². The first kappa shape index (κ1) is 17.3. The summed E-state index contributed by atoms with van der Waals surface area (Å²) in [5.41, 5.74) is 5.36. The van der Waals surface area contributed by atoms with Gasteiger partial charge in [-0.2, -0.15) is 17.5 Å². The number of nitrogens with two attached hydrogens (primary N) is 1. The van der Waals surface area contributed by atoms with Crippen LogP contribution in [0.4, 0.5) is 13.2 Å². The number of sulfonamides is 1. The van der Waals surface area contributed by atoms with Crippen LogP contribution in [0.3, 0.4) is 0 Å². The summed E-state index contributed by atoms with van der Waals surface area (Å²) in [7, 11) is -4.19. The zero-order valence-corrected chi connectivity index (χ0v) is 12.9. The Morgan fingerprint density at radius 2 is 2.05 bits per heavy atom. The lowest BCUT2D eigenvalue weighted by molar-refractivity contribution is -0.136.